The monoisotopic (exact) mass is 293 g/mol. The van der Waals surface area contributed by atoms with E-state index in [2.05, 4.69) is 66.6 Å². The van der Waals surface area contributed by atoms with Gasteiger partial charge in [0.2, 0.25) is 5.13 Å². The molecule has 0 aliphatic carbocycles. The molecule has 0 saturated carbocycles. The number of nitrogens with one attached hydrogen (secondary N) is 1. The van der Waals surface area contributed by atoms with Crippen LogP contribution in [-0.4, -0.2) is 14.9 Å². The highest BCUT2D eigenvalue weighted by Gasteiger charge is 2.13. The van der Waals surface area contributed by atoms with Crippen LogP contribution in [0, 0.1) is 6.92 Å². The van der Waals surface area contributed by atoms with Gasteiger partial charge in [-0.05, 0) is 39.3 Å². The first-order valence-electron chi connectivity index (χ1n) is 6.23. The van der Waals surface area contributed by atoms with E-state index in [0.717, 1.165) is 16.7 Å². The predicted octanol–water partition coefficient (Wildman–Crippen LogP) is 4.35. The molecule has 2 aromatic rings. The maximum atomic E-state index is 4.52. The van der Waals surface area contributed by atoms with Crippen LogP contribution in [-0.2, 0) is 5.75 Å². The van der Waals surface area contributed by atoms with Crippen LogP contribution >= 0.6 is 23.3 Å². The minimum Gasteiger partial charge on any atom is -0.356 e. The number of hydrogen-bond acceptors (Lipinski definition) is 5. The Bertz CT molecular complexity index is 544. The molecule has 0 aliphatic heterocycles. The standard InChI is InChI=1S/C14H19N3S2/c1-10-7-5-6-8-11(10)18-9-12-15-13(19-17-12)16-14(2,3)4/h5-8H,9H2,1-4H3,(H,15,16,17). The van der Waals surface area contributed by atoms with Crippen molar-refractivity contribution < 1.29 is 0 Å². The van der Waals surface area contributed by atoms with Crippen LogP contribution in [0.5, 0.6) is 0 Å². The quantitative estimate of drug-likeness (QED) is 0.851. The lowest BCUT2D eigenvalue weighted by atomic mass is 10.1. The van der Waals surface area contributed by atoms with E-state index in [1.54, 1.807) is 11.8 Å². The number of hydrogen-bond donors (Lipinski definition) is 1. The van der Waals surface area contributed by atoms with Gasteiger partial charge in [0.05, 0.1) is 5.75 Å². The summed E-state index contributed by atoms with van der Waals surface area (Å²) in [5, 5.41) is 4.24. The summed E-state index contributed by atoms with van der Waals surface area (Å²) >= 11 is 3.22. The summed E-state index contributed by atoms with van der Waals surface area (Å²) in [5.41, 5.74) is 1.33. The average molecular weight is 293 g/mol. The summed E-state index contributed by atoms with van der Waals surface area (Å²) in [6.07, 6.45) is 0. The van der Waals surface area contributed by atoms with Gasteiger partial charge in [-0.25, -0.2) is 4.98 Å². The first-order valence-corrected chi connectivity index (χ1v) is 7.99. The topological polar surface area (TPSA) is 37.8 Å². The highest BCUT2D eigenvalue weighted by atomic mass is 32.2. The summed E-state index contributed by atoms with van der Waals surface area (Å²) in [6.45, 7) is 8.49. The number of aryl methyl sites for hydroxylation is 1. The van der Waals surface area contributed by atoms with E-state index in [1.807, 2.05) is 0 Å². The van der Waals surface area contributed by atoms with Crippen molar-refractivity contribution in [3.63, 3.8) is 0 Å². The Labute approximate surface area is 123 Å². The lowest BCUT2D eigenvalue weighted by molar-refractivity contribution is 0.633. The third-order valence-corrected chi connectivity index (χ3v) is 4.24. The van der Waals surface area contributed by atoms with E-state index >= 15 is 0 Å². The van der Waals surface area contributed by atoms with Crippen molar-refractivity contribution in [2.24, 2.45) is 0 Å². The van der Waals surface area contributed by atoms with E-state index in [0.29, 0.717) is 0 Å². The van der Waals surface area contributed by atoms with Gasteiger partial charge in [0, 0.05) is 22.0 Å². The van der Waals surface area contributed by atoms with E-state index in [1.165, 1.54) is 22.0 Å². The molecular weight excluding hydrogens is 274 g/mol. The van der Waals surface area contributed by atoms with Crippen molar-refractivity contribution in [2.45, 2.75) is 43.9 Å². The highest BCUT2D eigenvalue weighted by Crippen LogP contribution is 2.26. The third kappa shape index (κ3) is 4.51. The van der Waals surface area contributed by atoms with Crippen molar-refractivity contribution in [1.82, 2.24) is 9.36 Å². The molecule has 0 aliphatic rings. The molecule has 3 nitrogen and oxygen atoms in total. The average Bonchev–Trinajstić information content (AvgIpc) is 2.73. The second-order valence-electron chi connectivity index (χ2n) is 5.44. The van der Waals surface area contributed by atoms with Gasteiger partial charge in [0.15, 0.2) is 5.82 Å². The zero-order valence-electron chi connectivity index (χ0n) is 11.7. The summed E-state index contributed by atoms with van der Waals surface area (Å²) in [7, 11) is 0. The minimum atomic E-state index is 0.0277. The van der Waals surface area contributed by atoms with Crippen LogP contribution in [0.15, 0.2) is 29.2 Å². The van der Waals surface area contributed by atoms with Crippen molar-refractivity contribution in [3.8, 4) is 0 Å². The summed E-state index contributed by atoms with van der Waals surface area (Å²) < 4.78 is 4.39. The van der Waals surface area contributed by atoms with Crippen LogP contribution in [0.4, 0.5) is 5.13 Å². The molecule has 2 rings (SSSR count). The lowest BCUT2D eigenvalue weighted by Gasteiger charge is -2.18. The molecule has 0 radical (unpaired) electrons. The maximum Gasteiger partial charge on any atom is 0.203 e. The molecule has 0 bridgehead atoms. The van der Waals surface area contributed by atoms with E-state index in [9.17, 15) is 0 Å². The smallest absolute Gasteiger partial charge is 0.203 e. The fraction of sp³-hybridized carbons (Fsp3) is 0.429. The van der Waals surface area contributed by atoms with E-state index < -0.39 is 0 Å². The number of thioether (sulfide) groups is 1. The Morgan fingerprint density at radius 1 is 1.26 bits per heavy atom. The molecular formula is C14H19N3S2. The number of rotatable bonds is 4. The molecule has 0 spiro atoms. The zero-order valence-corrected chi connectivity index (χ0v) is 13.4. The van der Waals surface area contributed by atoms with Gasteiger partial charge in [0.25, 0.3) is 0 Å². The molecule has 0 atom stereocenters. The van der Waals surface area contributed by atoms with Crippen molar-refractivity contribution in [1.29, 1.82) is 0 Å². The molecule has 0 saturated heterocycles. The summed E-state index contributed by atoms with van der Waals surface area (Å²) in [6, 6.07) is 8.40. The molecule has 102 valence electrons. The maximum absolute atomic E-state index is 4.52. The lowest BCUT2D eigenvalue weighted by Crippen LogP contribution is -2.25. The fourth-order valence-electron chi connectivity index (χ4n) is 1.54. The molecule has 0 amide bonds. The first kappa shape index (κ1) is 14.3. The Morgan fingerprint density at radius 3 is 2.68 bits per heavy atom. The van der Waals surface area contributed by atoms with Gasteiger partial charge < -0.3 is 5.32 Å². The molecule has 0 unspecified atom stereocenters. The van der Waals surface area contributed by atoms with Crippen molar-refractivity contribution in [2.75, 3.05) is 5.32 Å². The highest BCUT2D eigenvalue weighted by molar-refractivity contribution is 7.98. The largest absolute Gasteiger partial charge is 0.356 e. The Balaban J connectivity index is 1.96. The van der Waals surface area contributed by atoms with Crippen LogP contribution in [0.2, 0.25) is 0 Å². The van der Waals surface area contributed by atoms with Crippen LogP contribution < -0.4 is 5.32 Å². The van der Waals surface area contributed by atoms with Crippen molar-refractivity contribution >= 4 is 28.4 Å². The minimum absolute atomic E-state index is 0.0277. The Kier molecular flexibility index (Phi) is 4.47. The second-order valence-corrected chi connectivity index (χ2v) is 7.21. The van der Waals surface area contributed by atoms with Crippen LogP contribution in [0.1, 0.15) is 32.2 Å². The molecule has 1 aromatic heterocycles. The van der Waals surface area contributed by atoms with E-state index in [-0.39, 0.29) is 5.54 Å². The van der Waals surface area contributed by atoms with Gasteiger partial charge >= 0.3 is 0 Å². The van der Waals surface area contributed by atoms with Crippen molar-refractivity contribution in [3.05, 3.63) is 35.7 Å². The molecule has 1 heterocycles. The second kappa shape index (κ2) is 5.92. The number of benzene rings is 1. The van der Waals surface area contributed by atoms with Crippen LogP contribution in [0.3, 0.4) is 0 Å². The summed E-state index contributed by atoms with van der Waals surface area (Å²) in [4.78, 5) is 5.81. The first-order chi connectivity index (χ1) is 8.94. The fourth-order valence-corrected chi connectivity index (χ4v) is 3.31. The van der Waals surface area contributed by atoms with Gasteiger partial charge in [0.1, 0.15) is 0 Å². The Hall–Kier alpha value is -1.07. The van der Waals surface area contributed by atoms with E-state index in [4.69, 9.17) is 0 Å². The number of nitrogens with zero attached hydrogens (tertiary/aromatic N) is 2. The molecule has 5 heteroatoms. The number of aromatic nitrogens is 2. The zero-order chi connectivity index (χ0) is 13.9. The normalized spacial score (nSPS) is 11.6. The Morgan fingerprint density at radius 2 is 2.00 bits per heavy atom. The van der Waals surface area contributed by atoms with Gasteiger partial charge in [-0.2, -0.15) is 4.37 Å². The molecule has 19 heavy (non-hydrogen) atoms. The van der Waals surface area contributed by atoms with Gasteiger partial charge in [-0.1, -0.05) is 18.2 Å². The third-order valence-electron chi connectivity index (χ3n) is 2.40. The number of anilines is 1. The molecule has 0 fully saturated rings. The molecule has 1 N–H and O–H groups in total. The predicted molar refractivity (Wildman–Crippen MR) is 84.0 cm³/mol. The molecule has 1 aromatic carbocycles. The van der Waals surface area contributed by atoms with Gasteiger partial charge in [-0.3, -0.25) is 0 Å². The SMILES string of the molecule is Cc1ccccc1SCc1nsc(NC(C)(C)C)n1. The van der Waals surface area contributed by atoms with Gasteiger partial charge in [-0.15, -0.1) is 11.8 Å². The summed E-state index contributed by atoms with van der Waals surface area (Å²) in [5.74, 6) is 1.71. The van der Waals surface area contributed by atoms with Crippen LogP contribution in [0.25, 0.3) is 0 Å².